The molecule has 2 aliphatic carbocycles. The molecule has 0 unspecified atom stereocenters. The van der Waals surface area contributed by atoms with E-state index in [9.17, 15) is 0 Å². The Morgan fingerprint density at radius 1 is 0.714 bits per heavy atom. The van der Waals surface area contributed by atoms with Gasteiger partial charge in [0.05, 0.1) is 0 Å². The van der Waals surface area contributed by atoms with Crippen LogP contribution in [0, 0.1) is 18.3 Å². The Balaban J connectivity index is 2.38. The van der Waals surface area contributed by atoms with Crippen LogP contribution in [0.5, 0.6) is 0 Å². The van der Waals surface area contributed by atoms with Gasteiger partial charge in [-0.05, 0) is 18.3 Å². The number of hydrogen-bond acceptors (Lipinski definition) is 0. The third-order valence-electron chi connectivity index (χ3n) is 1.56. The molecule has 2 rings (SSSR count). The highest BCUT2D eigenvalue weighted by Gasteiger charge is 2.19. The van der Waals surface area contributed by atoms with Gasteiger partial charge in [-0.25, -0.2) is 0 Å². The van der Waals surface area contributed by atoms with E-state index in [1.54, 1.807) is 0 Å². The third kappa shape index (κ3) is 0.365. The summed E-state index contributed by atoms with van der Waals surface area (Å²) in [5.74, 6) is 1.37. The number of hydrogen-bond donors (Lipinski definition) is 0. The molecule has 0 N–H and O–H groups in total. The van der Waals surface area contributed by atoms with Crippen LogP contribution < -0.4 is 0 Å². The molecule has 0 atom stereocenters. The summed E-state index contributed by atoms with van der Waals surface area (Å²) in [7, 11) is 0. The fourth-order valence-corrected chi connectivity index (χ4v) is 1.15. The summed E-state index contributed by atoms with van der Waals surface area (Å²) in [6.45, 7) is 0. The van der Waals surface area contributed by atoms with Crippen molar-refractivity contribution in [1.82, 2.24) is 0 Å². The van der Waals surface area contributed by atoms with Crippen molar-refractivity contribution in [1.29, 1.82) is 0 Å². The van der Waals surface area contributed by atoms with E-state index in [1.165, 1.54) is 0 Å². The van der Waals surface area contributed by atoms with Crippen LogP contribution in [0.25, 0.3) is 0 Å². The van der Waals surface area contributed by atoms with Crippen LogP contribution in [0.2, 0.25) is 0 Å². The van der Waals surface area contributed by atoms with Gasteiger partial charge in [0.1, 0.15) is 0 Å². The van der Waals surface area contributed by atoms with Gasteiger partial charge in [0.2, 0.25) is 0 Å². The van der Waals surface area contributed by atoms with Gasteiger partial charge >= 0.3 is 0 Å². The lowest BCUT2D eigenvalue weighted by Gasteiger charge is -1.88. The molecule has 0 saturated carbocycles. The van der Waals surface area contributed by atoms with Crippen LogP contribution in [0.4, 0.5) is 0 Å². The largest absolute Gasteiger partial charge is 0.0807 e. The van der Waals surface area contributed by atoms with E-state index in [1.807, 2.05) is 0 Å². The minimum atomic E-state index is 0.685. The molecule has 35 valence electrons. The van der Waals surface area contributed by atoms with Gasteiger partial charge in [-0.2, -0.15) is 0 Å². The molecule has 0 aromatic carbocycles. The summed E-state index contributed by atoms with van der Waals surface area (Å²) < 4.78 is 0. The van der Waals surface area contributed by atoms with E-state index in [0.29, 0.717) is 11.8 Å². The number of rotatable bonds is 0. The highest BCUT2D eigenvalue weighted by Crippen LogP contribution is 2.30. The fraction of sp³-hybridized carbons (Fsp3) is 0.286. The van der Waals surface area contributed by atoms with Gasteiger partial charge in [-0.3, -0.25) is 0 Å². The maximum absolute atomic E-state index is 2.33. The molecule has 1 radical (unpaired) electrons. The molecule has 7 heavy (non-hydrogen) atoms. The average Bonchev–Trinajstić information content (AvgIpc) is 2.22. The van der Waals surface area contributed by atoms with Crippen molar-refractivity contribution in [2.75, 3.05) is 0 Å². The maximum atomic E-state index is 2.33. The zero-order valence-corrected chi connectivity index (χ0v) is 4.04. The van der Waals surface area contributed by atoms with Gasteiger partial charge in [0, 0.05) is 0 Å². The summed E-state index contributed by atoms with van der Waals surface area (Å²) in [6.07, 6.45) is 11.3. The fourth-order valence-electron chi connectivity index (χ4n) is 1.15. The number of fused-ring (bicyclic) bond motifs is 2. The minimum absolute atomic E-state index is 0.685. The van der Waals surface area contributed by atoms with E-state index >= 15 is 0 Å². The van der Waals surface area contributed by atoms with Crippen LogP contribution in [-0.4, -0.2) is 0 Å². The van der Waals surface area contributed by atoms with Crippen molar-refractivity contribution < 1.29 is 0 Å². The Morgan fingerprint density at radius 3 is 1.29 bits per heavy atom. The van der Waals surface area contributed by atoms with Crippen LogP contribution >= 0.6 is 0 Å². The lowest BCUT2D eigenvalue weighted by molar-refractivity contribution is 0.950. The number of allylic oxidation sites excluding steroid dienone is 4. The van der Waals surface area contributed by atoms with E-state index < -0.39 is 0 Å². The van der Waals surface area contributed by atoms with Gasteiger partial charge in [-0.1, -0.05) is 24.3 Å². The second-order valence-electron chi connectivity index (χ2n) is 2.12. The van der Waals surface area contributed by atoms with Crippen molar-refractivity contribution in [2.24, 2.45) is 11.8 Å². The molecular formula is C7H7. The molecule has 0 saturated heterocycles. The van der Waals surface area contributed by atoms with Crippen LogP contribution in [0.3, 0.4) is 0 Å². The molecule has 0 aromatic rings. The molecule has 0 spiro atoms. The third-order valence-corrected chi connectivity index (χ3v) is 1.56. The smallest absolute Gasteiger partial charge is 0.00128 e. The van der Waals surface area contributed by atoms with Crippen molar-refractivity contribution in [3.63, 3.8) is 0 Å². The molecule has 0 aromatic heterocycles. The molecule has 0 heteroatoms. The van der Waals surface area contributed by atoms with E-state index in [-0.39, 0.29) is 0 Å². The topological polar surface area (TPSA) is 0 Å². The van der Waals surface area contributed by atoms with Crippen molar-refractivity contribution >= 4 is 0 Å². The first-order valence-corrected chi connectivity index (χ1v) is 2.67. The summed E-state index contributed by atoms with van der Waals surface area (Å²) in [5.41, 5.74) is 0. The summed E-state index contributed by atoms with van der Waals surface area (Å²) in [6, 6.07) is 0. The molecule has 0 aliphatic heterocycles. The summed E-state index contributed by atoms with van der Waals surface area (Å²) >= 11 is 0. The summed E-state index contributed by atoms with van der Waals surface area (Å²) in [5, 5.41) is 0. The Kier molecular flexibility index (Phi) is 0.498. The molecular weight excluding hydrogens is 84.1 g/mol. The highest BCUT2D eigenvalue weighted by atomic mass is 14.2. The predicted molar refractivity (Wildman–Crippen MR) is 29.6 cm³/mol. The van der Waals surface area contributed by atoms with Gasteiger partial charge in [0.25, 0.3) is 0 Å². The molecule has 2 bridgehead atoms. The first-order valence-electron chi connectivity index (χ1n) is 2.67. The van der Waals surface area contributed by atoms with E-state index in [0.717, 1.165) is 0 Å². The molecule has 2 aliphatic rings. The SMILES string of the molecule is [CH]1C2C=CC1C=C2. The maximum Gasteiger partial charge on any atom is -0.00128 e. The predicted octanol–water partition coefficient (Wildman–Crippen LogP) is 1.56. The quantitative estimate of drug-likeness (QED) is 0.397. The Hall–Kier alpha value is -0.520. The first-order chi connectivity index (χ1) is 3.45. The molecule has 0 nitrogen and oxygen atoms in total. The summed E-state index contributed by atoms with van der Waals surface area (Å²) in [4.78, 5) is 0. The van der Waals surface area contributed by atoms with Crippen molar-refractivity contribution in [3.05, 3.63) is 30.7 Å². The zero-order chi connectivity index (χ0) is 4.69. The first kappa shape index (κ1) is 3.48. The minimum Gasteiger partial charge on any atom is -0.0807 e. The van der Waals surface area contributed by atoms with Crippen molar-refractivity contribution in [3.8, 4) is 0 Å². The Bertz CT molecular complexity index is 103. The average molecular weight is 91.1 g/mol. The Labute approximate surface area is 43.5 Å². The Morgan fingerprint density at radius 2 is 1.14 bits per heavy atom. The second-order valence-corrected chi connectivity index (χ2v) is 2.12. The highest BCUT2D eigenvalue weighted by molar-refractivity contribution is 5.29. The standard InChI is InChI=1S/C7H7/c1-2-7-4-3-6(1)5-7/h1-7H. The lowest BCUT2D eigenvalue weighted by Crippen LogP contribution is -1.81. The van der Waals surface area contributed by atoms with Crippen molar-refractivity contribution in [2.45, 2.75) is 0 Å². The van der Waals surface area contributed by atoms with Gasteiger partial charge in [0.15, 0.2) is 0 Å². The lowest BCUT2D eigenvalue weighted by atomic mass is 10.2. The molecule has 0 amide bonds. The normalized spacial score (nSPS) is 43.4. The van der Waals surface area contributed by atoms with Crippen LogP contribution in [-0.2, 0) is 0 Å². The second kappa shape index (κ2) is 1.00. The molecule has 0 fully saturated rings. The van der Waals surface area contributed by atoms with Crippen LogP contribution in [0.15, 0.2) is 24.3 Å². The zero-order valence-electron chi connectivity index (χ0n) is 4.04. The van der Waals surface area contributed by atoms with E-state index in [2.05, 4.69) is 30.7 Å². The van der Waals surface area contributed by atoms with Gasteiger partial charge in [-0.15, -0.1) is 0 Å². The monoisotopic (exact) mass is 91.1 g/mol. The van der Waals surface area contributed by atoms with E-state index in [4.69, 9.17) is 0 Å². The van der Waals surface area contributed by atoms with Crippen LogP contribution in [0.1, 0.15) is 0 Å². The molecule has 0 heterocycles. The van der Waals surface area contributed by atoms with Gasteiger partial charge < -0.3 is 0 Å².